The SMILES string of the molecule is CCc1cnc(CN(C)C(=O)C2CCNC2)s1. The number of nitrogens with one attached hydrogen (secondary N) is 1. The normalized spacial score (nSPS) is 19.5. The molecule has 1 aromatic rings. The summed E-state index contributed by atoms with van der Waals surface area (Å²) in [4.78, 5) is 19.5. The zero-order valence-electron chi connectivity index (χ0n) is 10.4. The molecule has 4 nitrogen and oxygen atoms in total. The molecule has 0 bridgehead atoms. The van der Waals surface area contributed by atoms with Gasteiger partial charge in [-0.15, -0.1) is 11.3 Å². The number of hydrogen-bond donors (Lipinski definition) is 1. The summed E-state index contributed by atoms with van der Waals surface area (Å²) in [6, 6.07) is 0. The van der Waals surface area contributed by atoms with Crippen molar-refractivity contribution in [2.24, 2.45) is 5.92 Å². The van der Waals surface area contributed by atoms with Crippen molar-refractivity contribution in [2.45, 2.75) is 26.3 Å². The standard InChI is InChI=1S/C12H19N3OS/c1-3-10-7-14-11(17-10)8-15(2)12(16)9-4-5-13-6-9/h7,9,13H,3-6,8H2,1-2H3. The molecule has 1 aliphatic rings. The molecule has 0 saturated carbocycles. The molecule has 1 aromatic heterocycles. The molecule has 2 heterocycles. The molecule has 0 aromatic carbocycles. The first-order chi connectivity index (χ1) is 8.20. The van der Waals surface area contributed by atoms with Crippen LogP contribution in [-0.2, 0) is 17.8 Å². The average molecular weight is 253 g/mol. The first kappa shape index (κ1) is 12.5. The van der Waals surface area contributed by atoms with Crippen molar-refractivity contribution in [1.29, 1.82) is 0 Å². The van der Waals surface area contributed by atoms with E-state index in [0.717, 1.165) is 30.9 Å². The van der Waals surface area contributed by atoms with Crippen LogP contribution in [0.4, 0.5) is 0 Å². The molecule has 94 valence electrons. The Morgan fingerprint density at radius 3 is 3.12 bits per heavy atom. The van der Waals surface area contributed by atoms with Crippen LogP contribution in [0.25, 0.3) is 0 Å². The van der Waals surface area contributed by atoms with Crippen molar-refractivity contribution in [3.8, 4) is 0 Å². The lowest BCUT2D eigenvalue weighted by Gasteiger charge is -2.19. The second kappa shape index (κ2) is 5.60. The highest BCUT2D eigenvalue weighted by molar-refractivity contribution is 7.11. The number of carbonyl (C=O) groups excluding carboxylic acids is 1. The maximum atomic E-state index is 12.1. The van der Waals surface area contributed by atoms with Gasteiger partial charge in [0, 0.05) is 24.7 Å². The van der Waals surface area contributed by atoms with E-state index in [1.165, 1.54) is 4.88 Å². The Morgan fingerprint density at radius 2 is 2.53 bits per heavy atom. The van der Waals surface area contributed by atoms with E-state index in [1.54, 1.807) is 16.2 Å². The number of amides is 1. The molecule has 1 N–H and O–H groups in total. The summed E-state index contributed by atoms with van der Waals surface area (Å²) in [5.41, 5.74) is 0. The van der Waals surface area contributed by atoms with E-state index in [0.29, 0.717) is 6.54 Å². The quantitative estimate of drug-likeness (QED) is 0.879. The summed E-state index contributed by atoms with van der Waals surface area (Å²) in [6.45, 7) is 4.54. The van der Waals surface area contributed by atoms with Crippen molar-refractivity contribution < 1.29 is 4.79 Å². The molecular weight excluding hydrogens is 234 g/mol. The maximum absolute atomic E-state index is 12.1. The first-order valence-electron chi connectivity index (χ1n) is 6.10. The number of aromatic nitrogens is 1. The Morgan fingerprint density at radius 1 is 1.71 bits per heavy atom. The molecule has 1 aliphatic heterocycles. The van der Waals surface area contributed by atoms with E-state index < -0.39 is 0 Å². The van der Waals surface area contributed by atoms with Gasteiger partial charge in [0.25, 0.3) is 0 Å². The van der Waals surface area contributed by atoms with Gasteiger partial charge in [-0.2, -0.15) is 0 Å². The van der Waals surface area contributed by atoms with Crippen molar-refractivity contribution in [2.75, 3.05) is 20.1 Å². The summed E-state index contributed by atoms with van der Waals surface area (Å²) in [5.74, 6) is 0.397. The number of nitrogens with zero attached hydrogens (tertiary/aromatic N) is 2. The van der Waals surface area contributed by atoms with Gasteiger partial charge in [0.15, 0.2) is 0 Å². The van der Waals surface area contributed by atoms with Gasteiger partial charge < -0.3 is 10.2 Å². The number of carbonyl (C=O) groups is 1. The van der Waals surface area contributed by atoms with Crippen LogP contribution in [-0.4, -0.2) is 35.9 Å². The van der Waals surface area contributed by atoms with Crippen LogP contribution >= 0.6 is 11.3 Å². The lowest BCUT2D eigenvalue weighted by molar-refractivity contribution is -0.134. The Balaban J connectivity index is 1.91. The molecular formula is C12H19N3OS. The molecule has 1 atom stereocenters. The minimum Gasteiger partial charge on any atom is -0.339 e. The molecule has 0 radical (unpaired) electrons. The molecule has 1 amide bonds. The second-order valence-electron chi connectivity index (χ2n) is 4.46. The van der Waals surface area contributed by atoms with Crippen LogP contribution in [0, 0.1) is 5.92 Å². The number of rotatable bonds is 4. The third kappa shape index (κ3) is 3.04. The Hall–Kier alpha value is -0.940. The number of thiazole rings is 1. The van der Waals surface area contributed by atoms with Crippen molar-refractivity contribution in [3.63, 3.8) is 0 Å². The summed E-state index contributed by atoms with van der Waals surface area (Å²) in [6.07, 6.45) is 3.89. The van der Waals surface area contributed by atoms with Crippen LogP contribution in [0.3, 0.4) is 0 Å². The molecule has 5 heteroatoms. The zero-order valence-corrected chi connectivity index (χ0v) is 11.2. The van der Waals surface area contributed by atoms with Crippen LogP contribution in [0.1, 0.15) is 23.2 Å². The summed E-state index contributed by atoms with van der Waals surface area (Å²) >= 11 is 1.70. The minimum absolute atomic E-state index is 0.158. The van der Waals surface area contributed by atoms with Gasteiger partial charge in [-0.3, -0.25) is 4.79 Å². The van der Waals surface area contributed by atoms with Gasteiger partial charge >= 0.3 is 0 Å². The molecule has 0 aliphatic carbocycles. The highest BCUT2D eigenvalue weighted by Crippen LogP contribution is 2.17. The topological polar surface area (TPSA) is 45.2 Å². The van der Waals surface area contributed by atoms with Crippen LogP contribution in [0.15, 0.2) is 6.20 Å². The van der Waals surface area contributed by atoms with Gasteiger partial charge in [0.05, 0.1) is 12.5 Å². The highest BCUT2D eigenvalue weighted by Gasteiger charge is 2.25. The zero-order chi connectivity index (χ0) is 12.3. The van der Waals surface area contributed by atoms with Crippen molar-refractivity contribution >= 4 is 17.2 Å². The Kier molecular flexibility index (Phi) is 4.12. The third-order valence-corrected chi connectivity index (χ3v) is 4.23. The van der Waals surface area contributed by atoms with Crippen molar-refractivity contribution in [1.82, 2.24) is 15.2 Å². The van der Waals surface area contributed by atoms with E-state index in [2.05, 4.69) is 17.2 Å². The van der Waals surface area contributed by atoms with Gasteiger partial charge in [-0.25, -0.2) is 4.98 Å². The fourth-order valence-electron chi connectivity index (χ4n) is 2.04. The third-order valence-electron chi connectivity index (χ3n) is 3.11. The second-order valence-corrected chi connectivity index (χ2v) is 5.66. The van der Waals surface area contributed by atoms with E-state index >= 15 is 0 Å². The van der Waals surface area contributed by atoms with E-state index in [9.17, 15) is 4.79 Å². The van der Waals surface area contributed by atoms with Crippen LogP contribution in [0.5, 0.6) is 0 Å². The summed E-state index contributed by atoms with van der Waals surface area (Å²) < 4.78 is 0. The number of aryl methyl sites for hydroxylation is 1. The predicted octanol–water partition coefficient (Wildman–Crippen LogP) is 1.27. The maximum Gasteiger partial charge on any atom is 0.227 e. The van der Waals surface area contributed by atoms with Gasteiger partial charge in [0.2, 0.25) is 5.91 Å². The lowest BCUT2D eigenvalue weighted by atomic mass is 10.1. The average Bonchev–Trinajstić information content (AvgIpc) is 2.98. The number of hydrogen-bond acceptors (Lipinski definition) is 4. The Bertz CT molecular complexity index is 385. The Labute approximate surface area is 106 Å². The largest absolute Gasteiger partial charge is 0.339 e. The molecule has 2 rings (SSSR count). The summed E-state index contributed by atoms with van der Waals surface area (Å²) in [5, 5.41) is 4.26. The van der Waals surface area contributed by atoms with Gasteiger partial charge in [-0.05, 0) is 19.4 Å². The molecule has 0 spiro atoms. The smallest absolute Gasteiger partial charge is 0.227 e. The fourth-order valence-corrected chi connectivity index (χ4v) is 2.96. The van der Waals surface area contributed by atoms with Crippen LogP contribution < -0.4 is 5.32 Å². The molecule has 17 heavy (non-hydrogen) atoms. The monoisotopic (exact) mass is 253 g/mol. The minimum atomic E-state index is 0.158. The van der Waals surface area contributed by atoms with Crippen LogP contribution in [0.2, 0.25) is 0 Å². The van der Waals surface area contributed by atoms with E-state index in [1.807, 2.05) is 13.2 Å². The summed E-state index contributed by atoms with van der Waals surface area (Å²) in [7, 11) is 1.87. The predicted molar refractivity (Wildman–Crippen MR) is 68.9 cm³/mol. The lowest BCUT2D eigenvalue weighted by Crippen LogP contribution is -2.33. The van der Waals surface area contributed by atoms with E-state index in [4.69, 9.17) is 0 Å². The molecule has 1 unspecified atom stereocenters. The highest BCUT2D eigenvalue weighted by atomic mass is 32.1. The molecule has 1 fully saturated rings. The fraction of sp³-hybridized carbons (Fsp3) is 0.667. The molecule has 1 saturated heterocycles. The van der Waals surface area contributed by atoms with Crippen molar-refractivity contribution in [3.05, 3.63) is 16.1 Å². The van der Waals surface area contributed by atoms with Gasteiger partial charge in [-0.1, -0.05) is 6.92 Å². The van der Waals surface area contributed by atoms with E-state index in [-0.39, 0.29) is 11.8 Å². The first-order valence-corrected chi connectivity index (χ1v) is 6.91. The van der Waals surface area contributed by atoms with Gasteiger partial charge in [0.1, 0.15) is 5.01 Å².